The molecule has 2 heterocycles. The third kappa shape index (κ3) is 4.70. The van der Waals surface area contributed by atoms with Crippen LogP contribution >= 0.6 is 0 Å². The Morgan fingerprint density at radius 1 is 1.22 bits per heavy atom. The van der Waals surface area contributed by atoms with Gasteiger partial charge in [-0.25, -0.2) is 0 Å². The molecule has 4 rings (SSSR count). The van der Waals surface area contributed by atoms with Gasteiger partial charge in [0.2, 0.25) is 5.88 Å². The number of ether oxygens (including phenoxy) is 1. The van der Waals surface area contributed by atoms with E-state index in [2.05, 4.69) is 29.0 Å². The number of carboxylic acids is 1. The van der Waals surface area contributed by atoms with Gasteiger partial charge < -0.3 is 25.2 Å². The van der Waals surface area contributed by atoms with Crippen LogP contribution in [0.5, 0.6) is 5.88 Å². The van der Waals surface area contributed by atoms with Crippen LogP contribution in [0, 0.1) is 23.7 Å². The van der Waals surface area contributed by atoms with Gasteiger partial charge in [-0.3, -0.25) is 9.59 Å². The Kier molecular flexibility index (Phi) is 6.32. The van der Waals surface area contributed by atoms with Crippen LogP contribution in [0.15, 0.2) is 36.4 Å². The number of anilines is 2. The Hall–Kier alpha value is -3.13. The first-order valence-corrected chi connectivity index (χ1v) is 11.0. The minimum absolute atomic E-state index is 0.107. The quantitative estimate of drug-likeness (QED) is 0.551. The van der Waals surface area contributed by atoms with Gasteiger partial charge in [0.05, 0.1) is 19.1 Å². The van der Waals surface area contributed by atoms with Crippen LogP contribution in [0.4, 0.5) is 11.5 Å². The average Bonchev–Trinajstić information content (AvgIpc) is 3.28. The zero-order valence-corrected chi connectivity index (χ0v) is 18.3. The van der Waals surface area contributed by atoms with Crippen LogP contribution in [0.25, 0.3) is 0 Å². The number of aromatic nitrogens is 1. The summed E-state index contributed by atoms with van der Waals surface area (Å²) in [5.74, 6) is 0.455. The number of carbonyl (C=O) groups is 2. The maximum absolute atomic E-state index is 13.0. The molecule has 1 amide bonds. The van der Waals surface area contributed by atoms with E-state index in [-0.39, 0.29) is 36.1 Å². The van der Waals surface area contributed by atoms with Gasteiger partial charge >= 0.3 is 5.97 Å². The predicted octanol–water partition coefficient (Wildman–Crippen LogP) is 3.02. The van der Waals surface area contributed by atoms with Crippen LogP contribution in [0.1, 0.15) is 36.2 Å². The van der Waals surface area contributed by atoms with E-state index in [0.29, 0.717) is 48.2 Å². The second kappa shape index (κ2) is 9.16. The van der Waals surface area contributed by atoms with Crippen LogP contribution in [-0.2, 0) is 11.4 Å². The molecular weight excluding hydrogens is 410 g/mol. The van der Waals surface area contributed by atoms with E-state index < -0.39 is 5.97 Å². The monoisotopic (exact) mass is 439 g/mol. The lowest BCUT2D eigenvalue weighted by atomic mass is 10.1. The van der Waals surface area contributed by atoms with Crippen molar-refractivity contribution in [3.05, 3.63) is 47.5 Å². The largest absolute Gasteiger partial charge is 0.481 e. The van der Waals surface area contributed by atoms with E-state index in [1.54, 1.807) is 36.4 Å². The van der Waals surface area contributed by atoms with E-state index in [1.807, 2.05) is 0 Å². The van der Waals surface area contributed by atoms with E-state index >= 15 is 0 Å². The molecule has 1 aliphatic carbocycles. The minimum atomic E-state index is -0.720. The maximum Gasteiger partial charge on any atom is 0.307 e. The van der Waals surface area contributed by atoms with Crippen molar-refractivity contribution >= 4 is 23.4 Å². The third-order valence-electron chi connectivity index (χ3n) is 6.19. The number of hydrogen-bond donors (Lipinski definition) is 3. The molecule has 1 saturated carbocycles. The number of amides is 1. The summed E-state index contributed by atoms with van der Waals surface area (Å²) in [4.78, 5) is 30.9. The lowest BCUT2D eigenvalue weighted by molar-refractivity contribution is -0.139. The highest BCUT2D eigenvalue weighted by atomic mass is 16.5. The van der Waals surface area contributed by atoms with E-state index in [1.165, 1.54) is 0 Å². The number of aliphatic carboxylic acids is 1. The average molecular weight is 440 g/mol. The first-order valence-electron chi connectivity index (χ1n) is 11.0. The number of pyridine rings is 1. The van der Waals surface area contributed by atoms with Gasteiger partial charge in [0.25, 0.3) is 5.91 Å². The number of hydrogen-bond acceptors (Lipinski definition) is 6. The molecule has 1 aliphatic heterocycles. The van der Waals surface area contributed by atoms with Crippen molar-refractivity contribution in [3.63, 3.8) is 0 Å². The molecule has 8 heteroatoms. The number of aliphatic hydroxyl groups excluding tert-OH is 1. The molecule has 3 atom stereocenters. The van der Waals surface area contributed by atoms with Crippen LogP contribution in [0.3, 0.4) is 0 Å². The molecule has 1 saturated heterocycles. The van der Waals surface area contributed by atoms with Gasteiger partial charge in [0, 0.05) is 18.8 Å². The number of nitrogens with one attached hydrogen (secondary N) is 1. The van der Waals surface area contributed by atoms with Gasteiger partial charge in [0.1, 0.15) is 11.4 Å². The number of carbonyl (C=O) groups excluding carboxylic acids is 1. The molecule has 1 aromatic carbocycles. The predicted molar refractivity (Wildman–Crippen MR) is 120 cm³/mol. The molecule has 32 heavy (non-hydrogen) atoms. The Bertz CT molecular complexity index is 997. The molecule has 1 aromatic heterocycles. The highest BCUT2D eigenvalue weighted by molar-refractivity contribution is 6.06. The number of carboxylic acid groups (broad SMARTS) is 1. The first-order chi connectivity index (χ1) is 15.4. The fraction of sp³-hybridized carbons (Fsp3) is 0.458. The number of fused-ring (bicyclic) bond motifs is 1. The van der Waals surface area contributed by atoms with Crippen LogP contribution < -0.4 is 15.0 Å². The SMILES string of the molecule is CC(C)CCOc1nc(N2C[C@@H]3C(C(=O)O)[C@@H]3C2)ccc1C(=O)Nc1cccc(CO)c1. The summed E-state index contributed by atoms with van der Waals surface area (Å²) < 4.78 is 5.92. The Morgan fingerprint density at radius 2 is 1.97 bits per heavy atom. The molecule has 2 fully saturated rings. The Labute approximate surface area is 187 Å². The maximum atomic E-state index is 13.0. The number of benzene rings is 1. The highest BCUT2D eigenvalue weighted by Crippen LogP contribution is 2.52. The number of piperidine rings is 1. The molecule has 0 radical (unpaired) electrons. The molecule has 170 valence electrons. The molecule has 8 nitrogen and oxygen atoms in total. The van der Waals surface area contributed by atoms with E-state index in [4.69, 9.17) is 4.74 Å². The van der Waals surface area contributed by atoms with Crippen molar-refractivity contribution in [1.29, 1.82) is 0 Å². The fourth-order valence-electron chi connectivity index (χ4n) is 4.31. The van der Waals surface area contributed by atoms with Crippen molar-refractivity contribution in [2.75, 3.05) is 29.9 Å². The van der Waals surface area contributed by atoms with Crippen molar-refractivity contribution in [1.82, 2.24) is 4.98 Å². The highest BCUT2D eigenvalue weighted by Gasteiger charge is 2.60. The van der Waals surface area contributed by atoms with Gasteiger partial charge in [-0.05, 0) is 54.0 Å². The third-order valence-corrected chi connectivity index (χ3v) is 6.19. The number of rotatable bonds is 9. The van der Waals surface area contributed by atoms with Crippen molar-refractivity contribution in [3.8, 4) is 5.88 Å². The molecular formula is C24H29N3O5. The van der Waals surface area contributed by atoms with E-state index in [9.17, 15) is 19.8 Å². The Balaban J connectivity index is 1.51. The van der Waals surface area contributed by atoms with E-state index in [0.717, 1.165) is 6.42 Å². The molecule has 0 spiro atoms. The molecule has 2 aliphatic rings. The van der Waals surface area contributed by atoms with Gasteiger partial charge in [0.15, 0.2) is 0 Å². The van der Waals surface area contributed by atoms with Crippen LogP contribution in [0.2, 0.25) is 0 Å². The fourth-order valence-corrected chi connectivity index (χ4v) is 4.31. The second-order valence-corrected chi connectivity index (χ2v) is 8.96. The topological polar surface area (TPSA) is 112 Å². The summed E-state index contributed by atoms with van der Waals surface area (Å²) in [5.41, 5.74) is 1.62. The zero-order chi connectivity index (χ0) is 22.8. The lowest BCUT2D eigenvalue weighted by Crippen LogP contribution is -2.27. The normalized spacial score (nSPS) is 21.4. The van der Waals surface area contributed by atoms with Gasteiger partial charge in [-0.15, -0.1) is 0 Å². The molecule has 1 unspecified atom stereocenters. The summed E-state index contributed by atoms with van der Waals surface area (Å²) >= 11 is 0. The molecule has 0 bridgehead atoms. The van der Waals surface area contributed by atoms with Crippen molar-refractivity contribution in [2.24, 2.45) is 23.7 Å². The molecule has 3 N–H and O–H groups in total. The summed E-state index contributed by atoms with van der Waals surface area (Å²) in [6, 6.07) is 10.5. The van der Waals surface area contributed by atoms with Crippen LogP contribution in [-0.4, -0.2) is 46.8 Å². The summed E-state index contributed by atoms with van der Waals surface area (Å²) in [6.07, 6.45) is 0.833. The Morgan fingerprint density at radius 3 is 2.62 bits per heavy atom. The van der Waals surface area contributed by atoms with Gasteiger partial charge in [-0.2, -0.15) is 4.98 Å². The lowest BCUT2D eigenvalue weighted by Gasteiger charge is -2.22. The van der Waals surface area contributed by atoms with Crippen molar-refractivity contribution < 1.29 is 24.5 Å². The standard InChI is InChI=1S/C24H29N3O5/c1-14(2)8-9-32-23-17(22(29)25-16-5-3-4-15(10-16)13-28)6-7-20(26-23)27-11-18-19(12-27)21(18)24(30)31/h3-7,10,14,18-19,21,28H,8-9,11-13H2,1-2H3,(H,25,29)(H,30,31)/t18-,19+,21?. The smallest absolute Gasteiger partial charge is 0.307 e. The molecule has 2 aromatic rings. The zero-order valence-electron chi connectivity index (χ0n) is 18.3. The van der Waals surface area contributed by atoms with Crippen molar-refractivity contribution in [2.45, 2.75) is 26.9 Å². The summed E-state index contributed by atoms with van der Waals surface area (Å²) in [6.45, 7) is 5.85. The number of aliphatic hydroxyl groups is 1. The van der Waals surface area contributed by atoms with Gasteiger partial charge in [-0.1, -0.05) is 26.0 Å². The first kappa shape index (κ1) is 22.1. The minimum Gasteiger partial charge on any atom is -0.481 e. The summed E-state index contributed by atoms with van der Waals surface area (Å²) in [7, 11) is 0. The number of nitrogens with zero attached hydrogens (tertiary/aromatic N) is 2. The summed E-state index contributed by atoms with van der Waals surface area (Å²) in [5, 5.41) is 21.4. The second-order valence-electron chi connectivity index (χ2n) is 8.96.